The van der Waals surface area contributed by atoms with Gasteiger partial charge in [0.2, 0.25) is 0 Å². The van der Waals surface area contributed by atoms with Crippen molar-refractivity contribution in [1.82, 2.24) is 4.90 Å². The van der Waals surface area contributed by atoms with Gasteiger partial charge in [-0.3, -0.25) is 0 Å². The molecule has 1 aromatic carbocycles. The monoisotopic (exact) mass is 443 g/mol. The van der Waals surface area contributed by atoms with Gasteiger partial charge in [-0.2, -0.15) is 0 Å². The number of halogens is 1. The maximum absolute atomic E-state index is 14.1. The lowest BCUT2D eigenvalue weighted by Gasteiger charge is -2.35. The van der Waals surface area contributed by atoms with Crippen LogP contribution in [0.2, 0.25) is 0 Å². The Hall–Kier alpha value is -1.71. The Labute approximate surface area is 177 Å². The minimum absolute atomic E-state index is 0.115. The molecule has 9 heteroatoms. The van der Waals surface area contributed by atoms with Gasteiger partial charge in [-0.25, -0.2) is 17.6 Å². The molecule has 168 valence electrons. The fourth-order valence-corrected chi connectivity index (χ4v) is 4.66. The summed E-state index contributed by atoms with van der Waals surface area (Å²) in [6.45, 7) is 6.06. The van der Waals surface area contributed by atoms with E-state index in [1.807, 2.05) is 13.8 Å². The molecule has 0 unspecified atom stereocenters. The third-order valence-corrected chi connectivity index (χ3v) is 6.60. The molecule has 0 bridgehead atoms. The van der Waals surface area contributed by atoms with Crippen LogP contribution < -0.4 is 0 Å². The van der Waals surface area contributed by atoms with Gasteiger partial charge in [0.15, 0.2) is 16.1 Å². The van der Waals surface area contributed by atoms with Crippen LogP contribution in [-0.2, 0) is 24.0 Å². The van der Waals surface area contributed by atoms with Gasteiger partial charge < -0.3 is 19.1 Å². The van der Waals surface area contributed by atoms with E-state index in [2.05, 4.69) is 0 Å². The number of hydrogen-bond donors (Lipinski definition) is 0. The molecule has 0 aliphatic carbocycles. The largest absolute Gasteiger partial charge is 0.447 e. The van der Waals surface area contributed by atoms with Crippen molar-refractivity contribution < 1.29 is 31.8 Å². The van der Waals surface area contributed by atoms with Gasteiger partial charge in [0.05, 0.1) is 19.3 Å². The Morgan fingerprint density at radius 3 is 2.37 bits per heavy atom. The van der Waals surface area contributed by atoms with E-state index in [9.17, 15) is 17.6 Å². The van der Waals surface area contributed by atoms with Crippen molar-refractivity contribution in [3.05, 3.63) is 29.6 Å². The van der Waals surface area contributed by atoms with Gasteiger partial charge in [-0.1, -0.05) is 6.07 Å². The van der Waals surface area contributed by atoms with Crippen LogP contribution in [0.25, 0.3) is 0 Å². The number of sulfone groups is 1. The van der Waals surface area contributed by atoms with Crippen molar-refractivity contribution in [2.45, 2.75) is 50.4 Å². The molecule has 0 spiro atoms. The van der Waals surface area contributed by atoms with E-state index in [1.165, 1.54) is 12.1 Å². The molecule has 7 nitrogen and oxygen atoms in total. The maximum atomic E-state index is 14.1. The Morgan fingerprint density at radius 2 is 1.83 bits per heavy atom. The quantitative estimate of drug-likeness (QED) is 0.692. The number of nitrogens with zero attached hydrogens (tertiary/aromatic N) is 1. The van der Waals surface area contributed by atoms with E-state index in [1.54, 1.807) is 4.90 Å². The van der Waals surface area contributed by atoms with Crippen LogP contribution in [0, 0.1) is 17.7 Å². The molecule has 0 saturated carbocycles. The Kier molecular flexibility index (Phi) is 7.36. The number of benzene rings is 1. The highest BCUT2D eigenvalue weighted by molar-refractivity contribution is 7.90. The number of piperidine rings is 1. The van der Waals surface area contributed by atoms with Crippen LogP contribution in [0.4, 0.5) is 9.18 Å². The second-order valence-corrected chi connectivity index (χ2v) is 10.4. The molecule has 0 aromatic heterocycles. The zero-order valence-corrected chi connectivity index (χ0v) is 18.5. The average Bonchev–Trinajstić information content (AvgIpc) is 2.67. The SMILES string of the molecule is CC(C)OC(=O)N1CCC(C[C@H]2CO[C@H](c3ccc(S(C)(=O)=O)c(F)c3)OC2)CC1. The molecular formula is C21H30FNO6S. The van der Waals surface area contributed by atoms with Gasteiger partial charge in [0.1, 0.15) is 10.7 Å². The third-order valence-electron chi connectivity index (χ3n) is 5.47. The zero-order valence-electron chi connectivity index (χ0n) is 17.7. The number of amides is 1. The highest BCUT2D eigenvalue weighted by Gasteiger charge is 2.30. The van der Waals surface area contributed by atoms with E-state index in [4.69, 9.17) is 14.2 Å². The predicted molar refractivity (Wildman–Crippen MR) is 108 cm³/mol. The summed E-state index contributed by atoms with van der Waals surface area (Å²) in [7, 11) is -3.61. The van der Waals surface area contributed by atoms with E-state index in [0.29, 0.717) is 37.8 Å². The summed E-state index contributed by atoms with van der Waals surface area (Å²) in [4.78, 5) is 13.4. The summed E-state index contributed by atoms with van der Waals surface area (Å²) >= 11 is 0. The third kappa shape index (κ3) is 5.92. The van der Waals surface area contributed by atoms with Gasteiger partial charge in [0.25, 0.3) is 0 Å². The first-order chi connectivity index (χ1) is 14.1. The number of carbonyl (C=O) groups excluding carboxylic acids is 1. The Morgan fingerprint density at radius 1 is 1.20 bits per heavy atom. The summed E-state index contributed by atoms with van der Waals surface area (Å²) in [5, 5.41) is 0. The van der Waals surface area contributed by atoms with Crippen LogP contribution >= 0.6 is 0 Å². The van der Waals surface area contributed by atoms with Gasteiger partial charge in [-0.05, 0) is 51.2 Å². The molecule has 1 amide bonds. The van der Waals surface area contributed by atoms with E-state index in [0.717, 1.165) is 31.6 Å². The van der Waals surface area contributed by atoms with Crippen LogP contribution in [0.15, 0.2) is 23.1 Å². The van der Waals surface area contributed by atoms with E-state index < -0.39 is 21.9 Å². The second-order valence-electron chi connectivity index (χ2n) is 8.43. The predicted octanol–water partition coefficient (Wildman–Crippen LogP) is 3.54. The van der Waals surface area contributed by atoms with Crippen LogP contribution in [0.1, 0.15) is 45.0 Å². The lowest BCUT2D eigenvalue weighted by atomic mass is 9.87. The number of hydrogen-bond acceptors (Lipinski definition) is 6. The lowest BCUT2D eigenvalue weighted by molar-refractivity contribution is -0.208. The number of ether oxygens (including phenoxy) is 3. The molecule has 2 aliphatic heterocycles. The van der Waals surface area contributed by atoms with E-state index in [-0.39, 0.29) is 23.0 Å². The van der Waals surface area contributed by atoms with Crippen LogP contribution in [0.3, 0.4) is 0 Å². The second kappa shape index (κ2) is 9.62. The van der Waals surface area contributed by atoms with Gasteiger partial charge in [0, 0.05) is 30.8 Å². The normalized spacial score (nSPS) is 23.6. The van der Waals surface area contributed by atoms with Gasteiger partial charge >= 0.3 is 6.09 Å². The minimum atomic E-state index is -3.61. The first kappa shape index (κ1) is 23.0. The Balaban J connectivity index is 1.45. The highest BCUT2D eigenvalue weighted by atomic mass is 32.2. The zero-order chi connectivity index (χ0) is 21.9. The molecule has 0 N–H and O–H groups in total. The number of rotatable bonds is 5. The van der Waals surface area contributed by atoms with Crippen molar-refractivity contribution >= 4 is 15.9 Å². The molecular weight excluding hydrogens is 413 g/mol. The number of likely N-dealkylation sites (tertiary alicyclic amines) is 1. The maximum Gasteiger partial charge on any atom is 0.410 e. The summed E-state index contributed by atoms with van der Waals surface area (Å²) < 4.78 is 54.0. The van der Waals surface area contributed by atoms with Crippen molar-refractivity contribution in [3.63, 3.8) is 0 Å². The summed E-state index contributed by atoms with van der Waals surface area (Å²) in [5.41, 5.74) is 0.468. The molecule has 0 radical (unpaired) electrons. The van der Waals surface area contributed by atoms with Crippen molar-refractivity contribution in [2.24, 2.45) is 11.8 Å². The smallest absolute Gasteiger partial charge is 0.410 e. The van der Waals surface area contributed by atoms with E-state index >= 15 is 0 Å². The standard InChI is InChI=1S/C21H30FNO6S/c1-14(2)29-21(24)23-8-6-15(7-9-23)10-16-12-27-20(28-13-16)17-4-5-19(18(22)11-17)30(3,25)26/h4-5,11,14-16,20H,6-10,12-13H2,1-3H3/t16-,20-. The molecule has 3 rings (SSSR count). The lowest BCUT2D eigenvalue weighted by Crippen LogP contribution is -2.40. The summed E-state index contributed by atoms with van der Waals surface area (Å²) in [6.07, 6.45) is 2.70. The average molecular weight is 444 g/mol. The summed E-state index contributed by atoms with van der Waals surface area (Å²) in [5.74, 6) is -0.0685. The molecule has 2 fully saturated rings. The summed E-state index contributed by atoms with van der Waals surface area (Å²) in [6, 6.07) is 3.93. The minimum Gasteiger partial charge on any atom is -0.447 e. The fourth-order valence-electron chi connectivity index (χ4n) is 3.93. The van der Waals surface area contributed by atoms with Gasteiger partial charge in [-0.15, -0.1) is 0 Å². The molecule has 30 heavy (non-hydrogen) atoms. The van der Waals surface area contributed by atoms with Crippen molar-refractivity contribution in [2.75, 3.05) is 32.6 Å². The molecule has 2 saturated heterocycles. The van der Waals surface area contributed by atoms with Crippen LogP contribution in [-0.4, -0.2) is 58.1 Å². The molecule has 1 aromatic rings. The first-order valence-electron chi connectivity index (χ1n) is 10.3. The fraction of sp³-hybridized carbons (Fsp3) is 0.667. The molecule has 2 heterocycles. The first-order valence-corrected chi connectivity index (χ1v) is 12.2. The van der Waals surface area contributed by atoms with Crippen molar-refractivity contribution in [3.8, 4) is 0 Å². The van der Waals surface area contributed by atoms with Crippen LogP contribution in [0.5, 0.6) is 0 Å². The Bertz CT molecular complexity index is 843. The number of carbonyl (C=O) groups is 1. The molecule has 2 aliphatic rings. The van der Waals surface area contributed by atoms with Crippen molar-refractivity contribution in [1.29, 1.82) is 0 Å². The topological polar surface area (TPSA) is 82.1 Å². The highest BCUT2D eigenvalue weighted by Crippen LogP contribution is 2.32. The molecule has 0 atom stereocenters.